The van der Waals surface area contributed by atoms with E-state index in [1.807, 2.05) is 51.1 Å². The third-order valence-electron chi connectivity index (χ3n) is 3.63. The lowest BCUT2D eigenvalue weighted by atomic mass is 10.1. The van der Waals surface area contributed by atoms with Gasteiger partial charge in [0, 0.05) is 11.6 Å². The molecule has 0 spiro atoms. The van der Waals surface area contributed by atoms with Crippen LogP contribution in [0.4, 0.5) is 0 Å². The summed E-state index contributed by atoms with van der Waals surface area (Å²) in [6, 6.07) is 11.4. The lowest BCUT2D eigenvalue weighted by molar-refractivity contribution is 0.0577. The molecule has 0 radical (unpaired) electrons. The molecule has 1 N–H and O–H groups in total. The first-order chi connectivity index (χ1) is 12.1. The molecular formula is C18H20N4O3. The maximum Gasteiger partial charge on any atom is 0.273 e. The van der Waals surface area contributed by atoms with Crippen molar-refractivity contribution >= 4 is 5.91 Å². The molecule has 0 aliphatic carbocycles. The van der Waals surface area contributed by atoms with Crippen molar-refractivity contribution < 1.29 is 14.2 Å². The lowest BCUT2D eigenvalue weighted by Gasteiger charge is -2.11. The van der Waals surface area contributed by atoms with Crippen molar-refractivity contribution in [1.29, 1.82) is 0 Å². The molecule has 0 saturated carbocycles. The van der Waals surface area contributed by atoms with Gasteiger partial charge in [-0.25, -0.2) is 0 Å². The minimum Gasteiger partial charge on any atom is -0.391 e. The van der Waals surface area contributed by atoms with E-state index < -0.39 is 0 Å². The number of aromatic nitrogens is 3. The van der Waals surface area contributed by atoms with E-state index in [1.54, 1.807) is 6.07 Å². The molecule has 25 heavy (non-hydrogen) atoms. The van der Waals surface area contributed by atoms with Crippen molar-refractivity contribution in [2.24, 2.45) is 0 Å². The van der Waals surface area contributed by atoms with Gasteiger partial charge in [-0.15, -0.1) is 5.10 Å². The van der Waals surface area contributed by atoms with Crippen LogP contribution in [-0.4, -0.2) is 27.0 Å². The maximum atomic E-state index is 12.2. The molecule has 3 aromatic rings. The third kappa shape index (κ3) is 3.71. The quantitative estimate of drug-likeness (QED) is 0.746. The van der Waals surface area contributed by atoms with Gasteiger partial charge in [0.05, 0.1) is 11.8 Å². The molecule has 0 saturated heterocycles. The highest BCUT2D eigenvalue weighted by Gasteiger charge is 2.18. The first-order valence-corrected chi connectivity index (χ1v) is 8.05. The van der Waals surface area contributed by atoms with Crippen LogP contribution < -0.4 is 10.2 Å². The second kappa shape index (κ2) is 7.21. The number of rotatable bonds is 6. The van der Waals surface area contributed by atoms with E-state index in [1.165, 1.54) is 11.0 Å². The van der Waals surface area contributed by atoms with Gasteiger partial charge < -0.3 is 14.7 Å². The molecule has 7 nitrogen and oxygen atoms in total. The van der Waals surface area contributed by atoms with Crippen LogP contribution in [0, 0.1) is 6.92 Å². The summed E-state index contributed by atoms with van der Waals surface area (Å²) in [7, 11) is 0. The zero-order valence-corrected chi connectivity index (χ0v) is 14.4. The molecule has 130 valence electrons. The average molecular weight is 340 g/mol. The first kappa shape index (κ1) is 16.8. The number of hydrogen-bond donors (Lipinski definition) is 1. The molecule has 0 fully saturated rings. The summed E-state index contributed by atoms with van der Waals surface area (Å²) >= 11 is 0. The molecule has 2 aromatic heterocycles. The average Bonchev–Trinajstić information content (AvgIpc) is 3.19. The van der Waals surface area contributed by atoms with E-state index in [0.717, 1.165) is 16.8 Å². The van der Waals surface area contributed by atoms with Gasteiger partial charge in [0.25, 0.3) is 5.91 Å². The van der Waals surface area contributed by atoms with Crippen molar-refractivity contribution in [3.05, 3.63) is 59.6 Å². The van der Waals surface area contributed by atoms with E-state index in [9.17, 15) is 4.79 Å². The van der Waals surface area contributed by atoms with E-state index in [0.29, 0.717) is 11.5 Å². The molecular weight excluding hydrogens is 320 g/mol. The van der Waals surface area contributed by atoms with E-state index in [-0.39, 0.29) is 18.6 Å². The fourth-order valence-electron chi connectivity index (χ4n) is 2.40. The second-order valence-corrected chi connectivity index (χ2v) is 5.92. The summed E-state index contributed by atoms with van der Waals surface area (Å²) in [5.74, 6) is 0.428. The Hall–Kier alpha value is -3.09. The van der Waals surface area contributed by atoms with Gasteiger partial charge in [-0.2, -0.15) is 0 Å². The third-order valence-corrected chi connectivity index (χ3v) is 3.63. The van der Waals surface area contributed by atoms with Crippen molar-refractivity contribution in [2.75, 3.05) is 0 Å². The van der Waals surface area contributed by atoms with Gasteiger partial charge in [-0.3, -0.25) is 4.79 Å². The van der Waals surface area contributed by atoms with Gasteiger partial charge in [0.15, 0.2) is 5.69 Å². The van der Waals surface area contributed by atoms with E-state index >= 15 is 0 Å². The number of benzene rings is 1. The fraction of sp³-hybridized carbons (Fsp3) is 0.278. The van der Waals surface area contributed by atoms with E-state index in [2.05, 4.69) is 15.6 Å². The van der Waals surface area contributed by atoms with Crippen LogP contribution in [0.25, 0.3) is 11.3 Å². The molecule has 0 aliphatic rings. The summed E-state index contributed by atoms with van der Waals surface area (Å²) in [6.45, 7) is 5.80. The van der Waals surface area contributed by atoms with Crippen LogP contribution in [0.3, 0.4) is 0 Å². The van der Waals surface area contributed by atoms with Crippen molar-refractivity contribution in [3.63, 3.8) is 0 Å². The number of carbonyl (C=O) groups is 1. The van der Waals surface area contributed by atoms with Crippen molar-refractivity contribution in [2.45, 2.75) is 33.4 Å². The highest BCUT2D eigenvalue weighted by molar-refractivity contribution is 5.92. The molecule has 0 atom stereocenters. The highest BCUT2D eigenvalue weighted by Crippen LogP contribution is 2.25. The Morgan fingerprint density at radius 3 is 2.76 bits per heavy atom. The van der Waals surface area contributed by atoms with Gasteiger partial charge in [-0.1, -0.05) is 40.3 Å². The standard InChI is InChI=1S/C18H20N4O3/c1-12(2)20-18(23)16-9-10-19-22(16)24-11-15-13(3)25-21-17(15)14-7-5-4-6-8-14/h4-10,12H,11H2,1-3H3,(H,20,23). The van der Waals surface area contributed by atoms with Crippen LogP contribution >= 0.6 is 0 Å². The summed E-state index contributed by atoms with van der Waals surface area (Å²) in [6.07, 6.45) is 1.52. The lowest BCUT2D eigenvalue weighted by Crippen LogP contribution is -2.33. The topological polar surface area (TPSA) is 82.2 Å². The molecule has 1 aromatic carbocycles. The van der Waals surface area contributed by atoms with Crippen LogP contribution in [0.1, 0.15) is 35.7 Å². The number of aryl methyl sites for hydroxylation is 1. The SMILES string of the molecule is Cc1onc(-c2ccccc2)c1COn1nccc1C(=O)NC(C)C. The number of amides is 1. The predicted molar refractivity (Wildman–Crippen MR) is 91.8 cm³/mol. The Labute approximate surface area is 145 Å². The molecule has 2 heterocycles. The Balaban J connectivity index is 1.79. The number of nitrogens with zero attached hydrogens (tertiary/aromatic N) is 3. The monoisotopic (exact) mass is 340 g/mol. The molecule has 7 heteroatoms. The minimum atomic E-state index is -0.238. The van der Waals surface area contributed by atoms with Crippen molar-refractivity contribution in [3.8, 4) is 11.3 Å². The van der Waals surface area contributed by atoms with E-state index in [4.69, 9.17) is 9.36 Å². The summed E-state index contributed by atoms with van der Waals surface area (Å²) in [4.78, 5) is 19.1. The van der Waals surface area contributed by atoms with Gasteiger partial charge in [0.2, 0.25) is 0 Å². The minimum absolute atomic E-state index is 0.0286. The van der Waals surface area contributed by atoms with Crippen LogP contribution in [0.5, 0.6) is 0 Å². The van der Waals surface area contributed by atoms with Crippen molar-refractivity contribution in [1.82, 2.24) is 20.4 Å². The first-order valence-electron chi connectivity index (χ1n) is 8.05. The van der Waals surface area contributed by atoms with Gasteiger partial charge in [-0.05, 0) is 26.8 Å². The number of nitrogens with one attached hydrogen (secondary N) is 1. The fourth-order valence-corrected chi connectivity index (χ4v) is 2.40. The summed E-state index contributed by atoms with van der Waals surface area (Å²) < 4.78 is 5.31. The molecule has 1 amide bonds. The zero-order valence-electron chi connectivity index (χ0n) is 14.4. The Kier molecular flexibility index (Phi) is 4.83. The Morgan fingerprint density at radius 1 is 1.28 bits per heavy atom. The molecule has 0 bridgehead atoms. The largest absolute Gasteiger partial charge is 0.391 e. The van der Waals surface area contributed by atoms with Gasteiger partial charge >= 0.3 is 0 Å². The summed E-state index contributed by atoms with van der Waals surface area (Å²) in [5.41, 5.74) is 2.82. The molecule has 3 rings (SSSR count). The molecule has 0 unspecified atom stereocenters. The maximum absolute atomic E-state index is 12.2. The highest BCUT2D eigenvalue weighted by atomic mass is 16.7. The summed E-state index contributed by atoms with van der Waals surface area (Å²) in [5, 5.41) is 11.0. The Bertz CT molecular complexity index is 852. The smallest absolute Gasteiger partial charge is 0.273 e. The zero-order chi connectivity index (χ0) is 17.8. The normalized spacial score (nSPS) is 10.9. The van der Waals surface area contributed by atoms with Gasteiger partial charge in [0.1, 0.15) is 18.1 Å². The predicted octanol–water partition coefficient (Wildman–Crippen LogP) is 2.61. The number of hydrogen-bond acceptors (Lipinski definition) is 5. The van der Waals surface area contributed by atoms with Crippen LogP contribution in [0.2, 0.25) is 0 Å². The van der Waals surface area contributed by atoms with Crippen LogP contribution in [-0.2, 0) is 6.61 Å². The number of carbonyl (C=O) groups excluding carboxylic acids is 1. The second-order valence-electron chi connectivity index (χ2n) is 5.92. The molecule has 0 aliphatic heterocycles. The van der Waals surface area contributed by atoms with Crippen LogP contribution in [0.15, 0.2) is 47.1 Å². The Morgan fingerprint density at radius 2 is 2.04 bits per heavy atom.